The molecule has 0 unspecified atom stereocenters. The number of phenolic OH excluding ortho intramolecular Hbond substituents is 1. The lowest BCUT2D eigenvalue weighted by Crippen LogP contribution is -2.25. The molecule has 3 N–H and O–H groups in total. The lowest BCUT2D eigenvalue weighted by atomic mass is 10.2. The molecule has 27 heavy (non-hydrogen) atoms. The van der Waals surface area contributed by atoms with Crippen LogP contribution in [-0.2, 0) is 10.0 Å². The third-order valence-corrected chi connectivity index (χ3v) is 5.46. The standard InChI is InChI=1S/C17H20N4O4S2/c1-21(2)27(23,24)14-6-4-5-13(10-14)19-17(26)20-18-11-12-7-8-15(22)16(9-12)25-3/h4-11,22H,1-3H3,(H2,19,20,26)/b18-11+. The van der Waals surface area contributed by atoms with Gasteiger partial charge >= 0.3 is 0 Å². The van der Waals surface area contributed by atoms with Crippen LogP contribution in [0.2, 0.25) is 0 Å². The molecule has 0 aliphatic carbocycles. The Morgan fingerprint density at radius 3 is 2.67 bits per heavy atom. The molecule has 0 amide bonds. The first kappa shape index (κ1) is 20.6. The highest BCUT2D eigenvalue weighted by atomic mass is 32.2. The van der Waals surface area contributed by atoms with Crippen LogP contribution in [0.4, 0.5) is 5.69 Å². The number of hydrogen-bond acceptors (Lipinski definition) is 6. The van der Waals surface area contributed by atoms with E-state index in [1.54, 1.807) is 24.3 Å². The van der Waals surface area contributed by atoms with Crippen LogP contribution in [0.25, 0.3) is 0 Å². The van der Waals surface area contributed by atoms with Gasteiger partial charge in [-0.15, -0.1) is 0 Å². The van der Waals surface area contributed by atoms with Gasteiger partial charge in [0, 0.05) is 19.8 Å². The summed E-state index contributed by atoms with van der Waals surface area (Å²) in [5.41, 5.74) is 3.84. The van der Waals surface area contributed by atoms with E-state index in [4.69, 9.17) is 17.0 Å². The topological polar surface area (TPSA) is 103 Å². The molecular formula is C17H20N4O4S2. The molecule has 0 aliphatic rings. The van der Waals surface area contributed by atoms with Crippen molar-refractivity contribution < 1.29 is 18.3 Å². The van der Waals surface area contributed by atoms with Crippen molar-refractivity contribution in [3.05, 3.63) is 48.0 Å². The van der Waals surface area contributed by atoms with Crippen molar-refractivity contribution in [2.24, 2.45) is 5.10 Å². The summed E-state index contributed by atoms with van der Waals surface area (Å²) >= 11 is 5.15. The van der Waals surface area contributed by atoms with Crippen LogP contribution < -0.4 is 15.5 Å². The van der Waals surface area contributed by atoms with Crippen LogP contribution in [-0.4, -0.2) is 50.4 Å². The molecule has 2 aromatic rings. The third-order valence-electron chi connectivity index (χ3n) is 3.45. The van der Waals surface area contributed by atoms with E-state index in [2.05, 4.69) is 15.8 Å². The molecule has 0 aromatic heterocycles. The monoisotopic (exact) mass is 408 g/mol. The van der Waals surface area contributed by atoms with Crippen molar-refractivity contribution in [1.29, 1.82) is 0 Å². The Morgan fingerprint density at radius 2 is 2.00 bits per heavy atom. The first-order valence-corrected chi connectivity index (χ1v) is 9.58. The lowest BCUT2D eigenvalue weighted by molar-refractivity contribution is 0.373. The average Bonchev–Trinajstić information content (AvgIpc) is 2.63. The maximum atomic E-state index is 12.2. The van der Waals surface area contributed by atoms with Crippen LogP contribution in [0.3, 0.4) is 0 Å². The predicted octanol–water partition coefficient (Wildman–Crippen LogP) is 1.97. The third kappa shape index (κ3) is 5.39. The summed E-state index contributed by atoms with van der Waals surface area (Å²) in [5, 5.41) is 16.6. The number of thiocarbonyl (C=S) groups is 1. The fraction of sp³-hybridized carbons (Fsp3) is 0.176. The van der Waals surface area contributed by atoms with Gasteiger partial charge in [0.25, 0.3) is 0 Å². The molecule has 0 fully saturated rings. The molecular weight excluding hydrogens is 388 g/mol. The number of sulfonamides is 1. The van der Waals surface area contributed by atoms with Crippen LogP contribution in [0.15, 0.2) is 52.5 Å². The van der Waals surface area contributed by atoms with Crippen molar-refractivity contribution in [1.82, 2.24) is 9.73 Å². The molecule has 0 saturated heterocycles. The summed E-state index contributed by atoms with van der Waals surface area (Å²) in [7, 11) is 0.860. The number of hydrogen-bond donors (Lipinski definition) is 3. The number of benzene rings is 2. The van der Waals surface area contributed by atoms with E-state index in [-0.39, 0.29) is 15.8 Å². The number of phenols is 1. The minimum Gasteiger partial charge on any atom is -0.504 e. The zero-order valence-electron chi connectivity index (χ0n) is 15.0. The quantitative estimate of drug-likeness (QED) is 0.381. The second-order valence-corrected chi connectivity index (χ2v) is 8.13. The zero-order chi connectivity index (χ0) is 20.0. The van der Waals surface area contributed by atoms with Gasteiger partial charge in [-0.1, -0.05) is 6.07 Å². The highest BCUT2D eigenvalue weighted by Crippen LogP contribution is 2.25. The van der Waals surface area contributed by atoms with E-state index < -0.39 is 10.0 Å². The molecule has 8 nitrogen and oxygen atoms in total. The van der Waals surface area contributed by atoms with Gasteiger partial charge in [0.2, 0.25) is 10.0 Å². The minimum atomic E-state index is -3.53. The summed E-state index contributed by atoms with van der Waals surface area (Å²) in [6.45, 7) is 0. The van der Waals surface area contributed by atoms with Gasteiger partial charge in [-0.25, -0.2) is 12.7 Å². The molecule has 0 atom stereocenters. The highest BCUT2D eigenvalue weighted by molar-refractivity contribution is 7.89. The Labute approximate surface area is 163 Å². The van der Waals surface area contributed by atoms with Crippen molar-refractivity contribution in [2.75, 3.05) is 26.5 Å². The van der Waals surface area contributed by atoms with Crippen molar-refractivity contribution in [3.63, 3.8) is 0 Å². The summed E-state index contributed by atoms with van der Waals surface area (Å²) in [6.07, 6.45) is 1.50. The fourth-order valence-electron chi connectivity index (χ4n) is 2.04. The number of ether oxygens (including phenoxy) is 1. The number of anilines is 1. The predicted molar refractivity (Wildman–Crippen MR) is 109 cm³/mol. The smallest absolute Gasteiger partial charge is 0.242 e. The maximum Gasteiger partial charge on any atom is 0.242 e. The Bertz CT molecular complexity index is 959. The van der Waals surface area contributed by atoms with Gasteiger partial charge in [-0.2, -0.15) is 5.10 Å². The molecule has 0 spiro atoms. The van der Waals surface area contributed by atoms with Crippen LogP contribution >= 0.6 is 12.2 Å². The molecule has 10 heteroatoms. The van der Waals surface area contributed by atoms with Gasteiger partial charge in [0.1, 0.15) is 0 Å². The molecule has 0 bridgehead atoms. The number of nitrogens with zero attached hydrogens (tertiary/aromatic N) is 2. The van der Waals surface area contributed by atoms with E-state index in [9.17, 15) is 13.5 Å². The first-order valence-electron chi connectivity index (χ1n) is 7.73. The van der Waals surface area contributed by atoms with E-state index in [1.807, 2.05) is 0 Å². The highest BCUT2D eigenvalue weighted by Gasteiger charge is 2.17. The number of hydrazone groups is 1. The summed E-state index contributed by atoms with van der Waals surface area (Å²) < 4.78 is 30.5. The lowest BCUT2D eigenvalue weighted by Gasteiger charge is -2.13. The molecule has 2 aromatic carbocycles. The SMILES string of the molecule is COc1cc(/C=N/NC(=S)Nc2cccc(S(=O)(=O)N(C)C)c2)ccc1O. The minimum absolute atomic E-state index is 0.0346. The maximum absolute atomic E-state index is 12.2. The van der Waals surface area contributed by atoms with E-state index >= 15 is 0 Å². The molecule has 2 rings (SSSR count). The van der Waals surface area contributed by atoms with Crippen molar-refractivity contribution in [3.8, 4) is 11.5 Å². The first-order chi connectivity index (χ1) is 12.7. The zero-order valence-corrected chi connectivity index (χ0v) is 16.6. The molecule has 144 valence electrons. The Hall–Kier alpha value is -2.69. The van der Waals surface area contributed by atoms with Crippen LogP contribution in [0, 0.1) is 0 Å². The Morgan fingerprint density at radius 1 is 1.26 bits per heavy atom. The molecule has 0 aliphatic heterocycles. The Kier molecular flexibility index (Phi) is 6.72. The van der Waals surface area contributed by atoms with Crippen LogP contribution in [0.1, 0.15) is 5.56 Å². The largest absolute Gasteiger partial charge is 0.504 e. The molecule has 0 saturated carbocycles. The molecule has 0 radical (unpaired) electrons. The second-order valence-electron chi connectivity index (χ2n) is 5.57. The fourth-order valence-corrected chi connectivity index (χ4v) is 3.16. The average molecular weight is 409 g/mol. The van der Waals surface area contributed by atoms with Gasteiger partial charge in [0.05, 0.1) is 18.2 Å². The van der Waals surface area contributed by atoms with Gasteiger partial charge in [-0.05, 0) is 54.2 Å². The normalized spacial score (nSPS) is 11.6. The van der Waals surface area contributed by atoms with Crippen molar-refractivity contribution >= 4 is 39.3 Å². The van der Waals surface area contributed by atoms with E-state index in [0.29, 0.717) is 17.0 Å². The molecule has 0 heterocycles. The van der Waals surface area contributed by atoms with Crippen molar-refractivity contribution in [2.45, 2.75) is 4.90 Å². The number of nitrogens with one attached hydrogen (secondary N) is 2. The Balaban J connectivity index is 2.02. The second kappa shape index (κ2) is 8.80. The van der Waals surface area contributed by atoms with E-state index in [0.717, 1.165) is 4.31 Å². The number of aromatic hydroxyl groups is 1. The summed E-state index contributed by atoms with van der Waals surface area (Å²) in [6, 6.07) is 11.1. The van der Waals surface area contributed by atoms with E-state index in [1.165, 1.54) is 45.6 Å². The number of rotatable bonds is 6. The van der Waals surface area contributed by atoms with Gasteiger partial charge in [0.15, 0.2) is 16.6 Å². The van der Waals surface area contributed by atoms with Gasteiger partial charge < -0.3 is 15.2 Å². The summed E-state index contributed by atoms with van der Waals surface area (Å²) in [4.78, 5) is 0.153. The summed E-state index contributed by atoms with van der Waals surface area (Å²) in [5.74, 6) is 0.367. The number of methoxy groups -OCH3 is 1. The van der Waals surface area contributed by atoms with Gasteiger partial charge in [-0.3, -0.25) is 5.43 Å². The van der Waals surface area contributed by atoms with Crippen LogP contribution in [0.5, 0.6) is 11.5 Å².